The van der Waals surface area contributed by atoms with Gasteiger partial charge in [-0.2, -0.15) is 0 Å². The monoisotopic (exact) mass is 152 g/mol. The molecule has 62 valence electrons. The van der Waals surface area contributed by atoms with E-state index in [2.05, 4.69) is 11.9 Å². The van der Waals surface area contributed by atoms with E-state index < -0.39 is 0 Å². The number of hydrogen-bond donors (Lipinski definition) is 1. The van der Waals surface area contributed by atoms with Gasteiger partial charge in [0.15, 0.2) is 0 Å². The van der Waals surface area contributed by atoms with Gasteiger partial charge in [-0.15, -0.1) is 0 Å². The Morgan fingerprint density at radius 2 is 2.18 bits per heavy atom. The molecule has 0 aromatic heterocycles. The van der Waals surface area contributed by atoms with E-state index in [0.717, 1.165) is 6.42 Å². The van der Waals surface area contributed by atoms with Gasteiger partial charge >= 0.3 is 0 Å². The minimum absolute atomic E-state index is 0.572. The van der Waals surface area contributed by atoms with Crippen LogP contribution in [0.25, 0.3) is 0 Å². The lowest BCUT2D eigenvalue weighted by Gasteiger charge is -1.93. The van der Waals surface area contributed by atoms with Crippen molar-refractivity contribution in [3.05, 3.63) is 23.9 Å². The Labute approximate surface area is 68.5 Å². The van der Waals surface area contributed by atoms with Gasteiger partial charge in [-0.05, 0) is 26.3 Å². The summed E-state index contributed by atoms with van der Waals surface area (Å²) in [6.07, 6.45) is 6.45. The van der Waals surface area contributed by atoms with Crippen LogP contribution in [0.4, 0.5) is 0 Å². The summed E-state index contributed by atoms with van der Waals surface area (Å²) in [5, 5.41) is 0. The molecule has 0 aliphatic carbocycles. The topological polar surface area (TPSA) is 38.4 Å². The first-order valence-electron chi connectivity index (χ1n) is 3.82. The Morgan fingerprint density at radius 3 is 2.64 bits per heavy atom. The molecular weight excluding hydrogens is 136 g/mol. The standard InChI is InChI=1S/C9H16N2/c1-4-6-11-9(10)7-8(3)5-2/h4,6-7H,5H2,1-3H3,(H2,10,11)/b6-4-,8-7+. The second kappa shape index (κ2) is 5.71. The van der Waals surface area contributed by atoms with Crippen LogP contribution < -0.4 is 5.73 Å². The third-order valence-electron chi connectivity index (χ3n) is 1.32. The summed E-state index contributed by atoms with van der Waals surface area (Å²) >= 11 is 0. The maximum atomic E-state index is 5.56. The van der Waals surface area contributed by atoms with Crippen LogP contribution in [-0.2, 0) is 0 Å². The third kappa shape index (κ3) is 5.40. The fraction of sp³-hybridized carbons (Fsp3) is 0.444. The molecule has 11 heavy (non-hydrogen) atoms. The lowest BCUT2D eigenvalue weighted by atomic mass is 10.2. The summed E-state index contributed by atoms with van der Waals surface area (Å²) in [5.74, 6) is 0.572. The Kier molecular flexibility index (Phi) is 5.17. The number of amidine groups is 1. The highest BCUT2D eigenvalue weighted by atomic mass is 14.8. The molecule has 0 radical (unpaired) electrons. The SMILES string of the molecule is C\C=C/N=C(N)/C=C(\C)CC. The summed E-state index contributed by atoms with van der Waals surface area (Å²) < 4.78 is 0. The summed E-state index contributed by atoms with van der Waals surface area (Å²) in [6.45, 7) is 6.04. The van der Waals surface area contributed by atoms with Crippen LogP contribution >= 0.6 is 0 Å². The molecule has 0 spiro atoms. The molecule has 0 bridgehead atoms. The molecule has 2 nitrogen and oxygen atoms in total. The third-order valence-corrected chi connectivity index (χ3v) is 1.32. The minimum atomic E-state index is 0.572. The lowest BCUT2D eigenvalue weighted by Crippen LogP contribution is -2.07. The molecule has 0 fully saturated rings. The van der Waals surface area contributed by atoms with Crippen molar-refractivity contribution in [1.29, 1.82) is 0 Å². The zero-order valence-corrected chi connectivity index (χ0v) is 7.46. The van der Waals surface area contributed by atoms with E-state index in [9.17, 15) is 0 Å². The van der Waals surface area contributed by atoms with Crippen LogP contribution in [0.5, 0.6) is 0 Å². The highest BCUT2D eigenvalue weighted by Crippen LogP contribution is 1.96. The van der Waals surface area contributed by atoms with Gasteiger partial charge in [0.05, 0.1) is 0 Å². The highest BCUT2D eigenvalue weighted by Gasteiger charge is 1.85. The van der Waals surface area contributed by atoms with Crippen molar-refractivity contribution < 1.29 is 0 Å². The van der Waals surface area contributed by atoms with Gasteiger partial charge in [-0.25, -0.2) is 4.99 Å². The van der Waals surface area contributed by atoms with Crippen molar-refractivity contribution in [2.45, 2.75) is 27.2 Å². The Bertz CT molecular complexity index is 188. The first-order valence-corrected chi connectivity index (χ1v) is 3.82. The normalized spacial score (nSPS) is 14.5. The van der Waals surface area contributed by atoms with E-state index >= 15 is 0 Å². The van der Waals surface area contributed by atoms with E-state index in [0.29, 0.717) is 5.84 Å². The molecule has 2 N–H and O–H groups in total. The Balaban J connectivity index is 4.14. The fourth-order valence-electron chi connectivity index (χ4n) is 0.552. The van der Waals surface area contributed by atoms with Crippen molar-refractivity contribution in [2.75, 3.05) is 0 Å². The number of rotatable bonds is 3. The summed E-state index contributed by atoms with van der Waals surface area (Å²) in [4.78, 5) is 3.97. The van der Waals surface area contributed by atoms with Crippen molar-refractivity contribution in [3.8, 4) is 0 Å². The zero-order chi connectivity index (χ0) is 8.69. The molecular formula is C9H16N2. The smallest absolute Gasteiger partial charge is 0.123 e. The maximum absolute atomic E-state index is 5.56. The molecule has 0 saturated heterocycles. The first kappa shape index (κ1) is 9.95. The molecule has 0 aromatic carbocycles. The second-order valence-electron chi connectivity index (χ2n) is 2.38. The van der Waals surface area contributed by atoms with Crippen molar-refractivity contribution in [3.63, 3.8) is 0 Å². The number of nitrogens with zero attached hydrogens (tertiary/aromatic N) is 1. The maximum Gasteiger partial charge on any atom is 0.123 e. The van der Waals surface area contributed by atoms with Crippen molar-refractivity contribution in [1.82, 2.24) is 0 Å². The van der Waals surface area contributed by atoms with Crippen LogP contribution in [0, 0.1) is 0 Å². The second-order valence-corrected chi connectivity index (χ2v) is 2.38. The molecule has 0 saturated carbocycles. The van der Waals surface area contributed by atoms with Gasteiger partial charge in [0, 0.05) is 6.20 Å². The minimum Gasteiger partial charge on any atom is -0.384 e. The summed E-state index contributed by atoms with van der Waals surface area (Å²) in [6, 6.07) is 0. The highest BCUT2D eigenvalue weighted by molar-refractivity contribution is 5.92. The number of aliphatic imine (C=N–C) groups is 1. The van der Waals surface area contributed by atoms with Crippen molar-refractivity contribution in [2.24, 2.45) is 10.7 Å². The molecule has 0 atom stereocenters. The number of nitrogens with two attached hydrogens (primary N) is 1. The van der Waals surface area contributed by atoms with Gasteiger partial charge in [0.2, 0.25) is 0 Å². The predicted octanol–water partition coefficient (Wildman–Crippen LogP) is 2.23. The molecule has 0 unspecified atom stereocenters. The van der Waals surface area contributed by atoms with Gasteiger partial charge in [-0.3, -0.25) is 0 Å². The zero-order valence-electron chi connectivity index (χ0n) is 7.46. The molecule has 0 rings (SSSR count). The van der Waals surface area contributed by atoms with Crippen LogP contribution in [0.2, 0.25) is 0 Å². The molecule has 0 aliphatic rings. The molecule has 2 heteroatoms. The number of hydrogen-bond acceptors (Lipinski definition) is 1. The average molecular weight is 152 g/mol. The van der Waals surface area contributed by atoms with Gasteiger partial charge in [-0.1, -0.05) is 18.6 Å². The number of allylic oxidation sites excluding steroid dienone is 2. The van der Waals surface area contributed by atoms with Gasteiger partial charge < -0.3 is 5.73 Å². The van der Waals surface area contributed by atoms with Crippen LogP contribution in [-0.4, -0.2) is 5.84 Å². The van der Waals surface area contributed by atoms with E-state index in [-0.39, 0.29) is 0 Å². The predicted molar refractivity (Wildman–Crippen MR) is 50.5 cm³/mol. The van der Waals surface area contributed by atoms with E-state index in [1.165, 1.54) is 5.57 Å². The van der Waals surface area contributed by atoms with Crippen molar-refractivity contribution >= 4 is 5.84 Å². The lowest BCUT2D eigenvalue weighted by molar-refractivity contribution is 1.10. The molecule has 0 aliphatic heterocycles. The van der Waals surface area contributed by atoms with E-state index in [1.807, 2.05) is 26.0 Å². The summed E-state index contributed by atoms with van der Waals surface area (Å²) in [5.41, 5.74) is 6.80. The largest absolute Gasteiger partial charge is 0.384 e. The quantitative estimate of drug-likeness (QED) is 0.489. The van der Waals surface area contributed by atoms with Crippen LogP contribution in [0.1, 0.15) is 27.2 Å². The fourth-order valence-corrected chi connectivity index (χ4v) is 0.552. The molecule has 0 aromatic rings. The van der Waals surface area contributed by atoms with Gasteiger partial charge in [0.25, 0.3) is 0 Å². The van der Waals surface area contributed by atoms with Gasteiger partial charge in [0.1, 0.15) is 5.84 Å². The van der Waals surface area contributed by atoms with Crippen LogP contribution in [0.15, 0.2) is 28.9 Å². The molecule has 0 amide bonds. The molecule has 0 heterocycles. The van der Waals surface area contributed by atoms with E-state index in [1.54, 1.807) is 6.20 Å². The van der Waals surface area contributed by atoms with E-state index in [4.69, 9.17) is 5.73 Å². The summed E-state index contributed by atoms with van der Waals surface area (Å²) in [7, 11) is 0. The first-order chi connectivity index (χ1) is 5.20. The van der Waals surface area contributed by atoms with Crippen LogP contribution in [0.3, 0.4) is 0 Å². The average Bonchev–Trinajstić information content (AvgIpc) is 2.00. The Morgan fingerprint density at radius 1 is 1.55 bits per heavy atom. The Hall–Kier alpha value is -1.05.